The maximum absolute atomic E-state index is 13.1. The topological polar surface area (TPSA) is 98.1 Å². The highest BCUT2D eigenvalue weighted by Crippen LogP contribution is 2.31. The van der Waals surface area contributed by atoms with Gasteiger partial charge in [-0.05, 0) is 72.8 Å². The number of amides is 1. The van der Waals surface area contributed by atoms with Crippen LogP contribution in [0, 0.1) is 0 Å². The predicted octanol–water partition coefficient (Wildman–Crippen LogP) is 4.86. The van der Waals surface area contributed by atoms with Crippen LogP contribution in [0.3, 0.4) is 0 Å². The number of likely N-dealkylation sites (N-methyl/N-ethyl adjacent to an activating group) is 1. The number of phenolic OH excluding ortho intramolecular Hbond substituents is 2. The normalized spacial score (nSPS) is 17.7. The quantitative estimate of drug-likeness (QED) is 0.400. The minimum absolute atomic E-state index is 0.0465. The smallest absolute Gasteiger partial charge is 0.253 e. The van der Waals surface area contributed by atoms with E-state index >= 15 is 0 Å². The van der Waals surface area contributed by atoms with E-state index in [4.69, 9.17) is 14.6 Å². The van der Waals surface area contributed by atoms with Gasteiger partial charge in [-0.3, -0.25) is 9.80 Å². The number of hydrogen-bond acceptors (Lipinski definition) is 8. The van der Waals surface area contributed by atoms with E-state index in [2.05, 4.69) is 18.0 Å². The standard InChI is InChI=1S/C33H36N4O5/c1-35-16-18-36(19-17-35)33(40)25-8-12-27(13-9-25)37-28(11-5-24-7-15-30(39)32(21-24)42-3)22-26(34-37)10-4-23-6-14-29(38)31(20-23)41-2/h4-15,20-21,28,38-39H,16-19,22H2,1-3H3/b10-4+,11-5+. The van der Waals surface area contributed by atoms with E-state index < -0.39 is 0 Å². The van der Waals surface area contributed by atoms with Crippen molar-refractivity contribution in [1.82, 2.24) is 9.80 Å². The minimum Gasteiger partial charge on any atom is -0.504 e. The molecule has 1 atom stereocenters. The number of anilines is 1. The van der Waals surface area contributed by atoms with E-state index in [0.717, 1.165) is 48.7 Å². The molecule has 9 heteroatoms. The van der Waals surface area contributed by atoms with Gasteiger partial charge in [0.15, 0.2) is 23.0 Å². The molecule has 0 bridgehead atoms. The summed E-state index contributed by atoms with van der Waals surface area (Å²) in [6, 6.07) is 17.9. The highest BCUT2D eigenvalue weighted by Gasteiger charge is 2.26. The summed E-state index contributed by atoms with van der Waals surface area (Å²) in [7, 11) is 5.11. The molecule has 3 aromatic rings. The van der Waals surface area contributed by atoms with Crippen molar-refractivity contribution in [2.75, 3.05) is 52.5 Å². The zero-order chi connectivity index (χ0) is 29.6. The Balaban J connectivity index is 1.39. The summed E-state index contributed by atoms with van der Waals surface area (Å²) in [5.74, 6) is 1.04. The Kier molecular flexibility index (Phi) is 8.78. The molecule has 3 aromatic carbocycles. The van der Waals surface area contributed by atoms with Gasteiger partial charge in [0.25, 0.3) is 5.91 Å². The van der Waals surface area contributed by atoms with E-state index in [9.17, 15) is 15.0 Å². The van der Waals surface area contributed by atoms with Crippen LogP contribution in [0.4, 0.5) is 5.69 Å². The van der Waals surface area contributed by atoms with Gasteiger partial charge >= 0.3 is 0 Å². The van der Waals surface area contributed by atoms with E-state index in [1.807, 2.05) is 64.5 Å². The van der Waals surface area contributed by atoms with Crippen molar-refractivity contribution in [1.29, 1.82) is 0 Å². The number of rotatable bonds is 8. The van der Waals surface area contributed by atoms with Gasteiger partial charge in [0.05, 0.1) is 31.7 Å². The second kappa shape index (κ2) is 12.8. The van der Waals surface area contributed by atoms with E-state index in [1.165, 1.54) is 14.2 Å². The van der Waals surface area contributed by atoms with Crippen LogP contribution in [0.25, 0.3) is 12.2 Å². The third-order valence-electron chi connectivity index (χ3n) is 7.52. The van der Waals surface area contributed by atoms with Crippen molar-refractivity contribution in [3.63, 3.8) is 0 Å². The Morgan fingerprint density at radius 1 is 0.833 bits per heavy atom. The molecule has 0 saturated carbocycles. The first-order chi connectivity index (χ1) is 20.3. The number of piperazine rings is 1. The molecule has 1 amide bonds. The average Bonchev–Trinajstić information content (AvgIpc) is 3.43. The number of benzene rings is 3. The SMILES string of the molecule is COc1cc(/C=C/C2=NN(c3ccc(C(=O)N4CCN(C)CC4)cc3)C(/C=C/c3ccc(O)c(OC)c3)C2)ccc1O. The number of methoxy groups -OCH3 is 2. The molecule has 9 nitrogen and oxygen atoms in total. The number of nitrogens with zero attached hydrogens (tertiary/aromatic N) is 4. The van der Waals surface area contributed by atoms with Crippen molar-refractivity contribution >= 4 is 29.5 Å². The lowest BCUT2D eigenvalue weighted by molar-refractivity contribution is 0.0664. The van der Waals surface area contributed by atoms with Crippen LogP contribution in [-0.2, 0) is 0 Å². The fourth-order valence-electron chi connectivity index (χ4n) is 5.01. The fourth-order valence-corrected chi connectivity index (χ4v) is 5.01. The Morgan fingerprint density at radius 3 is 2.02 bits per heavy atom. The summed E-state index contributed by atoms with van der Waals surface area (Å²) in [5, 5.41) is 26.7. The Labute approximate surface area is 246 Å². The van der Waals surface area contributed by atoms with Gasteiger partial charge in [-0.15, -0.1) is 0 Å². The molecule has 1 fully saturated rings. The largest absolute Gasteiger partial charge is 0.504 e. The molecular formula is C33H36N4O5. The summed E-state index contributed by atoms with van der Waals surface area (Å²) in [6.45, 7) is 3.21. The van der Waals surface area contributed by atoms with E-state index in [-0.39, 0.29) is 23.4 Å². The van der Waals surface area contributed by atoms with Gasteiger partial charge in [0, 0.05) is 38.2 Å². The molecule has 0 aliphatic carbocycles. The summed E-state index contributed by atoms with van der Waals surface area (Å²) in [6.07, 6.45) is 8.61. The van der Waals surface area contributed by atoms with Crippen molar-refractivity contribution in [2.45, 2.75) is 12.5 Å². The number of hydrogen-bond donors (Lipinski definition) is 2. The lowest BCUT2D eigenvalue weighted by atomic mass is 10.1. The monoisotopic (exact) mass is 568 g/mol. The third kappa shape index (κ3) is 6.58. The number of phenols is 2. The van der Waals surface area contributed by atoms with Gasteiger partial charge in [0.1, 0.15) is 0 Å². The molecule has 1 saturated heterocycles. The minimum atomic E-state index is -0.0852. The first-order valence-electron chi connectivity index (χ1n) is 13.9. The number of carbonyl (C=O) groups is 1. The molecule has 42 heavy (non-hydrogen) atoms. The van der Waals surface area contributed by atoms with Gasteiger partial charge < -0.3 is 29.5 Å². The predicted molar refractivity (Wildman–Crippen MR) is 166 cm³/mol. The van der Waals surface area contributed by atoms with Crippen LogP contribution in [0.5, 0.6) is 23.0 Å². The third-order valence-corrected chi connectivity index (χ3v) is 7.52. The van der Waals surface area contributed by atoms with Crippen LogP contribution >= 0.6 is 0 Å². The number of ether oxygens (including phenoxy) is 2. The fraction of sp³-hybridized carbons (Fsp3) is 0.273. The number of hydrazone groups is 1. The second-order valence-corrected chi connectivity index (χ2v) is 10.4. The number of carbonyl (C=O) groups excluding carboxylic acids is 1. The Morgan fingerprint density at radius 2 is 1.43 bits per heavy atom. The lowest BCUT2D eigenvalue weighted by Crippen LogP contribution is -2.47. The van der Waals surface area contributed by atoms with Crippen LogP contribution in [-0.4, -0.2) is 85.1 Å². The van der Waals surface area contributed by atoms with E-state index in [0.29, 0.717) is 23.5 Å². The molecule has 2 aliphatic rings. The van der Waals surface area contributed by atoms with Crippen LogP contribution in [0.1, 0.15) is 27.9 Å². The van der Waals surface area contributed by atoms with Crippen LogP contribution in [0.15, 0.2) is 77.9 Å². The first-order valence-corrected chi connectivity index (χ1v) is 13.9. The number of aromatic hydroxyl groups is 2. The highest BCUT2D eigenvalue weighted by molar-refractivity contribution is 6.01. The molecule has 218 valence electrons. The zero-order valence-corrected chi connectivity index (χ0v) is 24.1. The maximum Gasteiger partial charge on any atom is 0.253 e. The maximum atomic E-state index is 13.1. The molecule has 2 heterocycles. The van der Waals surface area contributed by atoms with Gasteiger partial charge in [-0.2, -0.15) is 5.10 Å². The molecule has 0 aromatic heterocycles. The molecule has 0 spiro atoms. The second-order valence-electron chi connectivity index (χ2n) is 10.4. The van der Waals surface area contributed by atoms with Crippen molar-refractivity contribution in [2.24, 2.45) is 5.10 Å². The zero-order valence-electron chi connectivity index (χ0n) is 24.1. The van der Waals surface area contributed by atoms with Crippen LogP contribution in [0.2, 0.25) is 0 Å². The number of allylic oxidation sites excluding steroid dienone is 1. The lowest BCUT2D eigenvalue weighted by Gasteiger charge is -2.32. The van der Waals surface area contributed by atoms with Crippen molar-refractivity contribution in [3.05, 3.63) is 89.5 Å². The summed E-state index contributed by atoms with van der Waals surface area (Å²) >= 11 is 0. The van der Waals surface area contributed by atoms with E-state index in [1.54, 1.807) is 24.3 Å². The first kappa shape index (κ1) is 28.8. The average molecular weight is 569 g/mol. The summed E-state index contributed by atoms with van der Waals surface area (Å²) < 4.78 is 10.5. The molecule has 2 N–H and O–H groups in total. The molecule has 1 unspecified atom stereocenters. The van der Waals surface area contributed by atoms with Gasteiger partial charge in [-0.25, -0.2) is 0 Å². The molecule has 0 radical (unpaired) electrons. The van der Waals surface area contributed by atoms with Gasteiger partial charge in [-0.1, -0.05) is 30.4 Å². The van der Waals surface area contributed by atoms with Crippen molar-refractivity contribution < 1.29 is 24.5 Å². The highest BCUT2D eigenvalue weighted by atomic mass is 16.5. The Hall–Kier alpha value is -4.76. The molecule has 5 rings (SSSR count). The van der Waals surface area contributed by atoms with Gasteiger partial charge in [0.2, 0.25) is 0 Å². The molecular weight excluding hydrogens is 532 g/mol. The van der Waals surface area contributed by atoms with Crippen molar-refractivity contribution in [3.8, 4) is 23.0 Å². The Bertz CT molecular complexity index is 1510. The molecule has 2 aliphatic heterocycles. The summed E-state index contributed by atoms with van der Waals surface area (Å²) in [4.78, 5) is 17.2. The van der Waals surface area contributed by atoms with Crippen LogP contribution < -0.4 is 14.5 Å². The summed E-state index contributed by atoms with van der Waals surface area (Å²) in [5.41, 5.74) is 4.17.